The molecule has 8 nitrogen and oxygen atoms in total. The van der Waals surface area contributed by atoms with Crippen LogP contribution in [0.2, 0.25) is 0 Å². The summed E-state index contributed by atoms with van der Waals surface area (Å²) in [4.78, 5) is 11.6. The van der Waals surface area contributed by atoms with Crippen LogP contribution in [-0.4, -0.2) is 48.3 Å². The van der Waals surface area contributed by atoms with Crippen LogP contribution in [-0.2, 0) is 20.6 Å². The molecule has 1 N–H and O–H groups in total. The fourth-order valence-corrected chi connectivity index (χ4v) is 2.54. The van der Waals surface area contributed by atoms with Gasteiger partial charge in [0.25, 0.3) is 0 Å². The van der Waals surface area contributed by atoms with Crippen molar-refractivity contribution in [3.63, 3.8) is 0 Å². The fraction of sp³-hybridized carbons (Fsp3) is 0.316. The van der Waals surface area contributed by atoms with Crippen LogP contribution in [0.4, 0.5) is 0 Å². The molecule has 1 atom stereocenters. The molecule has 2 rings (SSSR count). The molecular weight excluding hydrogens is 388 g/mol. The summed E-state index contributed by atoms with van der Waals surface area (Å²) < 4.78 is 47.0. The highest BCUT2D eigenvalue weighted by atomic mass is 32.2. The van der Waals surface area contributed by atoms with Crippen LogP contribution in [0.25, 0.3) is 0 Å². The summed E-state index contributed by atoms with van der Waals surface area (Å²) in [6.45, 7) is 2.04. The van der Waals surface area contributed by atoms with Crippen molar-refractivity contribution in [2.24, 2.45) is 0 Å². The largest absolute Gasteiger partial charge is 0.497 e. The van der Waals surface area contributed by atoms with Gasteiger partial charge in [-0.3, -0.25) is 0 Å². The van der Waals surface area contributed by atoms with E-state index in [9.17, 15) is 13.6 Å². The Morgan fingerprint density at radius 3 is 2.29 bits per heavy atom. The lowest BCUT2D eigenvalue weighted by Crippen LogP contribution is -2.16. The molecule has 1 unspecified atom stereocenters. The Balaban J connectivity index is 1.94. The van der Waals surface area contributed by atoms with E-state index >= 15 is 0 Å². The van der Waals surface area contributed by atoms with Gasteiger partial charge in [-0.1, -0.05) is 0 Å². The molecule has 28 heavy (non-hydrogen) atoms. The van der Waals surface area contributed by atoms with Gasteiger partial charge < -0.3 is 28.2 Å². The molecule has 0 fully saturated rings. The van der Waals surface area contributed by atoms with E-state index in [0.717, 1.165) is 5.75 Å². The third-order valence-corrected chi connectivity index (χ3v) is 4.09. The van der Waals surface area contributed by atoms with Crippen LogP contribution >= 0.6 is 0 Å². The Morgan fingerprint density at radius 2 is 1.64 bits per heavy atom. The summed E-state index contributed by atoms with van der Waals surface area (Å²) in [7, 11) is 1.59. The zero-order valence-corrected chi connectivity index (χ0v) is 16.4. The van der Waals surface area contributed by atoms with Crippen molar-refractivity contribution < 1.29 is 37.2 Å². The van der Waals surface area contributed by atoms with Gasteiger partial charge in [-0.15, -0.1) is 0 Å². The van der Waals surface area contributed by atoms with E-state index in [4.69, 9.17) is 23.7 Å². The number of benzene rings is 2. The molecule has 0 aliphatic rings. The third-order valence-electron chi connectivity index (χ3n) is 3.44. The topological polar surface area (TPSA) is 101 Å². The lowest BCUT2D eigenvalue weighted by molar-refractivity contribution is -0.145. The van der Waals surface area contributed by atoms with Crippen molar-refractivity contribution >= 4 is 17.0 Å². The highest BCUT2D eigenvalue weighted by Gasteiger charge is 2.12. The zero-order valence-electron chi connectivity index (χ0n) is 15.6. The SMILES string of the molecule is CCOC(=O)COc1cc(S(=O)O)ccc1OCCOc1ccc(OC)cc1. The second-order valence-corrected chi connectivity index (χ2v) is 6.29. The molecule has 0 aliphatic heterocycles. The predicted octanol–water partition coefficient (Wildman–Crippen LogP) is 2.68. The van der Waals surface area contributed by atoms with E-state index in [1.807, 2.05) is 0 Å². The second-order valence-electron chi connectivity index (χ2n) is 5.32. The van der Waals surface area contributed by atoms with Crippen LogP contribution in [0, 0.1) is 0 Å². The van der Waals surface area contributed by atoms with Crippen molar-refractivity contribution in [3.05, 3.63) is 42.5 Å². The standard InChI is InChI=1S/C19H22O8S/c1-3-24-19(20)13-27-18-12-16(28(21)22)8-9-17(18)26-11-10-25-15-6-4-14(23-2)5-7-15/h4-9,12H,3,10-11,13H2,1-2H3,(H,21,22). The second kappa shape index (κ2) is 11.2. The normalized spacial score (nSPS) is 11.4. The monoisotopic (exact) mass is 410 g/mol. The molecular formula is C19H22O8S. The number of hydrogen-bond acceptors (Lipinski definition) is 7. The van der Waals surface area contributed by atoms with Gasteiger partial charge in [-0.05, 0) is 43.3 Å². The number of methoxy groups -OCH3 is 1. The van der Waals surface area contributed by atoms with Gasteiger partial charge in [0.15, 0.2) is 29.2 Å². The smallest absolute Gasteiger partial charge is 0.344 e. The maximum absolute atomic E-state index is 11.5. The fourth-order valence-electron chi connectivity index (χ4n) is 2.15. The molecule has 0 aromatic heterocycles. The molecule has 2 aromatic rings. The predicted molar refractivity (Wildman–Crippen MR) is 102 cm³/mol. The van der Waals surface area contributed by atoms with Crippen LogP contribution in [0.5, 0.6) is 23.0 Å². The maximum atomic E-state index is 11.5. The van der Waals surface area contributed by atoms with E-state index in [-0.39, 0.29) is 37.1 Å². The van der Waals surface area contributed by atoms with Gasteiger partial charge in [0.1, 0.15) is 24.7 Å². The van der Waals surface area contributed by atoms with Gasteiger partial charge >= 0.3 is 5.97 Å². The molecule has 152 valence electrons. The first-order chi connectivity index (χ1) is 13.5. The highest BCUT2D eigenvalue weighted by molar-refractivity contribution is 7.79. The average molecular weight is 410 g/mol. The van der Waals surface area contributed by atoms with E-state index in [1.165, 1.54) is 18.2 Å². The van der Waals surface area contributed by atoms with Gasteiger partial charge in [-0.2, -0.15) is 0 Å². The minimum absolute atomic E-state index is 0.126. The summed E-state index contributed by atoms with van der Waals surface area (Å²) in [5, 5.41) is 0. The number of hydrogen-bond donors (Lipinski definition) is 1. The number of ether oxygens (including phenoxy) is 5. The molecule has 9 heteroatoms. The van der Waals surface area contributed by atoms with Crippen LogP contribution < -0.4 is 18.9 Å². The third kappa shape index (κ3) is 6.75. The lowest BCUT2D eigenvalue weighted by Gasteiger charge is -2.14. The first-order valence-corrected chi connectivity index (χ1v) is 9.57. The molecule has 0 bridgehead atoms. The van der Waals surface area contributed by atoms with Gasteiger partial charge in [-0.25, -0.2) is 9.00 Å². The summed E-state index contributed by atoms with van der Waals surface area (Å²) in [5.74, 6) is 1.32. The first kappa shape index (κ1) is 21.5. The van der Waals surface area contributed by atoms with Crippen LogP contribution in [0.3, 0.4) is 0 Å². The quantitative estimate of drug-likeness (QED) is 0.343. The Morgan fingerprint density at radius 1 is 0.964 bits per heavy atom. The first-order valence-electron chi connectivity index (χ1n) is 8.46. The van der Waals surface area contributed by atoms with Crippen molar-refractivity contribution in [2.45, 2.75) is 11.8 Å². The molecule has 0 heterocycles. The summed E-state index contributed by atoms with van der Waals surface area (Å²) >= 11 is -2.19. The van der Waals surface area contributed by atoms with E-state index < -0.39 is 17.0 Å². The Kier molecular flexibility index (Phi) is 8.57. The van der Waals surface area contributed by atoms with E-state index in [2.05, 4.69) is 0 Å². The molecule has 0 aliphatic carbocycles. The average Bonchev–Trinajstić information content (AvgIpc) is 2.70. The maximum Gasteiger partial charge on any atom is 0.344 e. The van der Waals surface area contributed by atoms with Crippen LogP contribution in [0.1, 0.15) is 6.92 Å². The highest BCUT2D eigenvalue weighted by Crippen LogP contribution is 2.29. The Labute approximate surface area is 165 Å². The molecule has 0 saturated carbocycles. The Bertz CT molecular complexity index is 791. The molecule has 0 radical (unpaired) electrons. The van der Waals surface area contributed by atoms with Crippen molar-refractivity contribution in [2.75, 3.05) is 33.5 Å². The molecule has 0 amide bonds. The minimum Gasteiger partial charge on any atom is -0.497 e. The van der Waals surface area contributed by atoms with Gasteiger partial charge in [0.2, 0.25) is 0 Å². The number of carbonyl (C=O) groups excluding carboxylic acids is 1. The number of esters is 1. The number of carbonyl (C=O) groups is 1. The lowest BCUT2D eigenvalue weighted by atomic mass is 10.3. The van der Waals surface area contributed by atoms with E-state index in [1.54, 1.807) is 38.3 Å². The van der Waals surface area contributed by atoms with Crippen LogP contribution in [0.15, 0.2) is 47.4 Å². The summed E-state index contributed by atoms with van der Waals surface area (Å²) in [5.41, 5.74) is 0. The zero-order chi connectivity index (χ0) is 20.4. The Hall–Kier alpha value is -2.78. The van der Waals surface area contributed by atoms with E-state index in [0.29, 0.717) is 11.5 Å². The summed E-state index contributed by atoms with van der Waals surface area (Å²) in [6, 6.07) is 11.4. The van der Waals surface area contributed by atoms with Crippen molar-refractivity contribution in [3.8, 4) is 23.0 Å². The van der Waals surface area contributed by atoms with Crippen molar-refractivity contribution in [1.29, 1.82) is 0 Å². The summed E-state index contributed by atoms with van der Waals surface area (Å²) in [6.07, 6.45) is 0. The molecule has 0 spiro atoms. The van der Waals surface area contributed by atoms with Gasteiger partial charge in [0, 0.05) is 6.07 Å². The van der Waals surface area contributed by atoms with Gasteiger partial charge in [0.05, 0.1) is 18.6 Å². The molecule has 0 saturated heterocycles. The molecule has 2 aromatic carbocycles. The minimum atomic E-state index is -2.19. The number of rotatable bonds is 11. The van der Waals surface area contributed by atoms with Crippen molar-refractivity contribution in [1.82, 2.24) is 0 Å².